The summed E-state index contributed by atoms with van der Waals surface area (Å²) in [5.74, 6) is 0.658. The van der Waals surface area contributed by atoms with E-state index >= 15 is 0 Å². The van der Waals surface area contributed by atoms with E-state index in [-0.39, 0.29) is 0 Å². The van der Waals surface area contributed by atoms with Crippen molar-refractivity contribution in [1.82, 2.24) is 19.8 Å². The molecule has 2 N–H and O–H groups in total. The van der Waals surface area contributed by atoms with E-state index in [1.807, 2.05) is 15.6 Å². The van der Waals surface area contributed by atoms with E-state index in [0.29, 0.717) is 11.8 Å². The van der Waals surface area contributed by atoms with Gasteiger partial charge in [-0.05, 0) is 49.2 Å². The van der Waals surface area contributed by atoms with Crippen LogP contribution in [0.3, 0.4) is 0 Å². The van der Waals surface area contributed by atoms with Crippen molar-refractivity contribution < 1.29 is 4.79 Å². The Hall–Kier alpha value is -3.06. The normalized spacial score (nSPS) is 16.5. The Labute approximate surface area is 189 Å². The molecule has 168 valence electrons. The molecule has 0 atom stereocenters. The number of rotatable bonds is 8. The van der Waals surface area contributed by atoms with Gasteiger partial charge in [0.25, 0.3) is 0 Å². The lowest BCUT2D eigenvalue weighted by atomic mass is 10.1. The highest BCUT2D eigenvalue weighted by Crippen LogP contribution is 2.32. The molecule has 1 aliphatic heterocycles. The molecule has 1 amide bonds. The molecule has 0 radical (unpaired) electrons. The molecule has 5 rings (SSSR count). The second-order valence-corrected chi connectivity index (χ2v) is 8.72. The quantitative estimate of drug-likeness (QED) is 0.536. The summed E-state index contributed by atoms with van der Waals surface area (Å²) in [7, 11) is 0. The van der Waals surface area contributed by atoms with Crippen LogP contribution >= 0.6 is 0 Å². The van der Waals surface area contributed by atoms with Gasteiger partial charge in [0.2, 0.25) is 5.91 Å². The SMILES string of the molecule is CCNCCNc1ccc(-c2cc3c(N4CCN(C(=O)C5CC5)CC4)ccnn3c2)cc1. The summed E-state index contributed by atoms with van der Waals surface area (Å²) in [6, 6.07) is 12.9. The largest absolute Gasteiger partial charge is 0.384 e. The van der Waals surface area contributed by atoms with Gasteiger partial charge in [0.15, 0.2) is 0 Å². The van der Waals surface area contributed by atoms with Crippen molar-refractivity contribution in [3.63, 3.8) is 0 Å². The minimum atomic E-state index is 0.303. The second-order valence-electron chi connectivity index (χ2n) is 8.72. The van der Waals surface area contributed by atoms with Crippen molar-refractivity contribution in [3.8, 4) is 11.1 Å². The molecule has 1 aliphatic carbocycles. The second kappa shape index (κ2) is 9.20. The lowest BCUT2D eigenvalue weighted by molar-refractivity contribution is -0.132. The van der Waals surface area contributed by atoms with Crippen molar-refractivity contribution in [2.24, 2.45) is 5.92 Å². The maximum atomic E-state index is 12.4. The Morgan fingerprint density at radius 2 is 1.81 bits per heavy atom. The zero-order valence-electron chi connectivity index (χ0n) is 18.8. The zero-order chi connectivity index (χ0) is 21.9. The molecule has 0 spiro atoms. The zero-order valence-corrected chi connectivity index (χ0v) is 18.8. The number of likely N-dealkylation sites (N-methyl/N-ethyl adjacent to an activating group) is 1. The van der Waals surface area contributed by atoms with Crippen LogP contribution in [0.4, 0.5) is 11.4 Å². The maximum Gasteiger partial charge on any atom is 0.225 e. The standard InChI is InChI=1S/C25H32N6O/c1-2-26-11-12-27-22-7-5-19(6-8-22)21-17-24-23(9-10-28-31(24)18-21)29-13-15-30(16-14-29)25(32)20-3-4-20/h5-10,17-18,20,26-27H,2-4,11-16H2,1H3. The van der Waals surface area contributed by atoms with Crippen molar-refractivity contribution >= 4 is 22.8 Å². The fourth-order valence-corrected chi connectivity index (χ4v) is 4.43. The molecule has 3 heterocycles. The van der Waals surface area contributed by atoms with E-state index in [1.54, 1.807) is 0 Å². The third kappa shape index (κ3) is 4.43. The maximum absolute atomic E-state index is 12.4. The lowest BCUT2D eigenvalue weighted by Crippen LogP contribution is -2.49. The van der Waals surface area contributed by atoms with Crippen LogP contribution in [0.2, 0.25) is 0 Å². The van der Waals surface area contributed by atoms with E-state index in [4.69, 9.17) is 0 Å². The first-order valence-corrected chi connectivity index (χ1v) is 11.8. The van der Waals surface area contributed by atoms with Crippen molar-refractivity contribution in [1.29, 1.82) is 0 Å². The summed E-state index contributed by atoms with van der Waals surface area (Å²) in [4.78, 5) is 16.8. The number of amides is 1. The first-order chi connectivity index (χ1) is 15.7. The highest BCUT2D eigenvalue weighted by molar-refractivity contribution is 5.82. The Morgan fingerprint density at radius 3 is 2.53 bits per heavy atom. The molecule has 2 fully saturated rings. The molecular weight excluding hydrogens is 400 g/mol. The number of carbonyl (C=O) groups excluding carboxylic acids is 1. The number of anilines is 2. The van der Waals surface area contributed by atoms with Gasteiger partial charge in [0.1, 0.15) is 0 Å². The van der Waals surface area contributed by atoms with Crippen LogP contribution in [-0.2, 0) is 4.79 Å². The number of aromatic nitrogens is 2. The fraction of sp³-hybridized carbons (Fsp3) is 0.440. The first kappa shape index (κ1) is 20.8. The molecular formula is C25H32N6O. The molecule has 32 heavy (non-hydrogen) atoms. The number of hydrogen-bond donors (Lipinski definition) is 2. The van der Waals surface area contributed by atoms with Gasteiger partial charge in [0.05, 0.1) is 11.2 Å². The van der Waals surface area contributed by atoms with E-state index in [2.05, 4.69) is 70.2 Å². The summed E-state index contributed by atoms with van der Waals surface area (Å²) >= 11 is 0. The number of benzene rings is 1. The Bertz CT molecular complexity index is 1060. The molecule has 0 unspecified atom stereocenters. The average molecular weight is 433 g/mol. The summed E-state index contributed by atoms with van der Waals surface area (Å²) in [5.41, 5.74) is 5.77. The summed E-state index contributed by atoms with van der Waals surface area (Å²) in [6.07, 6.45) is 6.11. The van der Waals surface area contributed by atoms with Crippen LogP contribution in [-0.4, -0.2) is 66.2 Å². The molecule has 1 aromatic carbocycles. The Morgan fingerprint density at radius 1 is 1.03 bits per heavy atom. The highest BCUT2D eigenvalue weighted by Gasteiger charge is 2.34. The van der Waals surface area contributed by atoms with Crippen molar-refractivity contribution in [3.05, 3.63) is 48.8 Å². The predicted molar refractivity (Wildman–Crippen MR) is 129 cm³/mol. The predicted octanol–water partition coefficient (Wildman–Crippen LogP) is 3.08. The van der Waals surface area contributed by atoms with E-state index in [9.17, 15) is 4.79 Å². The third-order valence-electron chi connectivity index (χ3n) is 6.44. The highest BCUT2D eigenvalue weighted by atomic mass is 16.2. The number of piperazine rings is 1. The molecule has 0 bridgehead atoms. The molecule has 7 nitrogen and oxygen atoms in total. The Kier molecular flexibility index (Phi) is 5.99. The van der Waals surface area contributed by atoms with Crippen LogP contribution in [0.5, 0.6) is 0 Å². The van der Waals surface area contributed by atoms with E-state index in [1.165, 1.54) is 11.3 Å². The number of carbonyl (C=O) groups is 1. The Balaban J connectivity index is 1.29. The summed E-state index contributed by atoms with van der Waals surface area (Å²) in [5, 5.41) is 11.3. The van der Waals surface area contributed by atoms with Gasteiger partial charge in [-0.2, -0.15) is 5.10 Å². The van der Waals surface area contributed by atoms with Crippen LogP contribution in [0.1, 0.15) is 19.8 Å². The number of nitrogens with one attached hydrogen (secondary N) is 2. The van der Waals surface area contributed by atoms with Gasteiger partial charge in [-0.3, -0.25) is 4.79 Å². The van der Waals surface area contributed by atoms with Crippen molar-refractivity contribution in [2.75, 3.05) is 56.0 Å². The monoisotopic (exact) mass is 432 g/mol. The van der Waals surface area contributed by atoms with Crippen LogP contribution in [0.25, 0.3) is 16.6 Å². The smallest absolute Gasteiger partial charge is 0.225 e. The van der Waals surface area contributed by atoms with Crippen molar-refractivity contribution in [2.45, 2.75) is 19.8 Å². The molecule has 3 aromatic rings. The molecule has 2 aromatic heterocycles. The number of nitrogens with zero attached hydrogens (tertiary/aromatic N) is 4. The van der Waals surface area contributed by atoms with Gasteiger partial charge in [0, 0.05) is 68.8 Å². The minimum Gasteiger partial charge on any atom is -0.384 e. The molecule has 7 heteroatoms. The van der Waals surface area contributed by atoms with E-state index in [0.717, 1.165) is 75.4 Å². The summed E-state index contributed by atoms with van der Waals surface area (Å²) < 4.78 is 1.97. The van der Waals surface area contributed by atoms with E-state index < -0.39 is 0 Å². The third-order valence-corrected chi connectivity index (χ3v) is 6.44. The van der Waals surface area contributed by atoms with Crippen LogP contribution in [0, 0.1) is 5.92 Å². The number of fused-ring (bicyclic) bond motifs is 1. The molecule has 2 aliphatic rings. The lowest BCUT2D eigenvalue weighted by Gasteiger charge is -2.36. The van der Waals surface area contributed by atoms with Gasteiger partial charge in [-0.25, -0.2) is 4.52 Å². The van der Waals surface area contributed by atoms with Gasteiger partial charge < -0.3 is 20.4 Å². The van der Waals surface area contributed by atoms with Crippen LogP contribution in [0.15, 0.2) is 48.8 Å². The molecule has 1 saturated carbocycles. The number of hydrogen-bond acceptors (Lipinski definition) is 5. The van der Waals surface area contributed by atoms with Gasteiger partial charge in [-0.1, -0.05) is 19.1 Å². The fourth-order valence-electron chi connectivity index (χ4n) is 4.43. The first-order valence-electron chi connectivity index (χ1n) is 11.8. The minimum absolute atomic E-state index is 0.303. The van der Waals surface area contributed by atoms with Gasteiger partial charge >= 0.3 is 0 Å². The summed E-state index contributed by atoms with van der Waals surface area (Å²) in [6.45, 7) is 8.33. The average Bonchev–Trinajstić information content (AvgIpc) is 3.60. The van der Waals surface area contributed by atoms with Gasteiger partial charge in [-0.15, -0.1) is 0 Å². The molecule has 1 saturated heterocycles. The van der Waals surface area contributed by atoms with Crippen LogP contribution < -0.4 is 15.5 Å². The topological polar surface area (TPSA) is 64.9 Å².